The normalized spacial score (nSPS) is 21.6. The summed E-state index contributed by atoms with van der Waals surface area (Å²) < 4.78 is 80.0. The first-order chi connectivity index (χ1) is 17.4. The summed E-state index contributed by atoms with van der Waals surface area (Å²) in [5.74, 6) is -2.09. The molecule has 4 heterocycles. The van der Waals surface area contributed by atoms with Crippen molar-refractivity contribution in [3.63, 3.8) is 0 Å². The van der Waals surface area contributed by atoms with Crippen molar-refractivity contribution in [2.24, 2.45) is 5.92 Å². The number of ketones is 1. The van der Waals surface area contributed by atoms with Gasteiger partial charge >= 0.3 is 6.18 Å². The number of Topliss-reactive ketones (excluding diaryl/α,β-unsaturated/α-hetero) is 1. The number of carbonyl (C=O) groups is 1. The summed E-state index contributed by atoms with van der Waals surface area (Å²) in [5, 5.41) is 0. The zero-order valence-corrected chi connectivity index (χ0v) is 21.4. The largest absolute Gasteiger partial charge is 0.451 e. The third-order valence-corrected chi connectivity index (χ3v) is 9.39. The van der Waals surface area contributed by atoms with Gasteiger partial charge in [-0.2, -0.15) is 17.5 Å². The summed E-state index contributed by atoms with van der Waals surface area (Å²) >= 11 is 3.38. The molecule has 2 bridgehead atoms. The number of sulfonamides is 1. The molecule has 1 unspecified atom stereocenters. The predicted molar refractivity (Wildman–Crippen MR) is 127 cm³/mol. The molecule has 1 aromatic carbocycles. The quantitative estimate of drug-likeness (QED) is 0.362. The molecule has 13 heteroatoms. The van der Waals surface area contributed by atoms with Crippen LogP contribution in [0.15, 0.2) is 58.3 Å². The number of fused-ring (bicyclic) bond motifs is 1. The van der Waals surface area contributed by atoms with Gasteiger partial charge in [-0.25, -0.2) is 22.8 Å². The summed E-state index contributed by atoms with van der Waals surface area (Å²) in [6.45, 7) is 0. The molecule has 2 aliphatic heterocycles. The van der Waals surface area contributed by atoms with Crippen molar-refractivity contribution >= 4 is 31.7 Å². The summed E-state index contributed by atoms with van der Waals surface area (Å²) in [7, 11) is -3.97. The number of aromatic nitrogens is 3. The fourth-order valence-electron chi connectivity index (χ4n) is 4.85. The van der Waals surface area contributed by atoms with E-state index in [1.165, 1.54) is 22.6 Å². The van der Waals surface area contributed by atoms with Crippen molar-refractivity contribution in [2.75, 3.05) is 0 Å². The molecule has 0 spiro atoms. The van der Waals surface area contributed by atoms with E-state index < -0.39 is 33.9 Å². The first-order valence-electron chi connectivity index (χ1n) is 11.3. The predicted octanol–water partition coefficient (Wildman–Crippen LogP) is 4.81. The van der Waals surface area contributed by atoms with Gasteiger partial charge in [0.2, 0.25) is 15.8 Å². The van der Waals surface area contributed by atoms with Gasteiger partial charge < -0.3 is 0 Å². The second-order valence-electron chi connectivity index (χ2n) is 9.04. The lowest BCUT2D eigenvalue weighted by molar-refractivity contribution is -0.145. The lowest BCUT2D eigenvalue weighted by atomic mass is 9.81. The minimum Gasteiger partial charge on any atom is -0.298 e. The standard InChI is InChI=1S/C24H19BrF4N4O3S/c25-19-12-30-20(15-10-31-23(32-11-15)24(27,28)29)9-13(19)1-6-21(34)22-14-7-17(8-14)33(22)37(35,36)18-4-2-16(26)3-5-18/h2-5,9-12,14,17,22H,1,6-8H2. The minimum atomic E-state index is -4.66. The number of halogens is 5. The van der Waals surface area contributed by atoms with Gasteiger partial charge in [-0.15, -0.1) is 0 Å². The van der Waals surface area contributed by atoms with Crippen molar-refractivity contribution in [2.45, 2.75) is 48.8 Å². The number of hydrogen-bond acceptors (Lipinski definition) is 6. The Morgan fingerprint density at radius 1 is 1.05 bits per heavy atom. The number of aryl methyl sites for hydroxylation is 1. The average Bonchev–Trinajstić information content (AvgIpc) is 3.41. The molecule has 1 saturated carbocycles. The van der Waals surface area contributed by atoms with E-state index in [0.717, 1.165) is 24.5 Å². The highest BCUT2D eigenvalue weighted by Gasteiger charge is 2.58. The average molecular weight is 599 g/mol. The second-order valence-corrected chi connectivity index (χ2v) is 11.7. The van der Waals surface area contributed by atoms with Crippen LogP contribution in [0, 0.1) is 11.7 Å². The molecule has 6 rings (SSSR count). The maximum Gasteiger partial charge on any atom is 0.451 e. The molecule has 3 aliphatic rings. The molecule has 2 saturated heterocycles. The molecule has 2 aromatic heterocycles. The summed E-state index contributed by atoms with van der Waals surface area (Å²) in [6.07, 6.45) is 0.405. The van der Waals surface area contributed by atoms with Gasteiger partial charge in [-0.05, 0) is 77.0 Å². The number of carbonyl (C=O) groups excluding carboxylic acids is 1. The monoisotopic (exact) mass is 598 g/mol. The molecule has 7 nitrogen and oxygen atoms in total. The third kappa shape index (κ3) is 4.91. The Morgan fingerprint density at radius 3 is 2.32 bits per heavy atom. The van der Waals surface area contributed by atoms with Crippen LogP contribution in [0.2, 0.25) is 0 Å². The molecule has 3 fully saturated rings. The molecule has 0 N–H and O–H groups in total. The zero-order chi connectivity index (χ0) is 26.5. The first-order valence-corrected chi connectivity index (χ1v) is 13.5. The fourth-order valence-corrected chi connectivity index (χ4v) is 7.14. The zero-order valence-electron chi connectivity index (χ0n) is 19.0. The van der Waals surface area contributed by atoms with Crippen molar-refractivity contribution in [1.29, 1.82) is 0 Å². The Bertz CT molecular complexity index is 1440. The van der Waals surface area contributed by atoms with Crippen molar-refractivity contribution < 1.29 is 30.8 Å². The highest BCUT2D eigenvalue weighted by molar-refractivity contribution is 9.10. The van der Waals surface area contributed by atoms with E-state index in [4.69, 9.17) is 0 Å². The van der Waals surface area contributed by atoms with E-state index in [9.17, 15) is 30.8 Å². The maximum atomic E-state index is 13.3. The van der Waals surface area contributed by atoms with Gasteiger partial charge in [0.15, 0.2) is 5.78 Å². The van der Waals surface area contributed by atoms with Crippen molar-refractivity contribution in [3.8, 4) is 11.3 Å². The van der Waals surface area contributed by atoms with Crippen LogP contribution in [0.4, 0.5) is 17.6 Å². The fraction of sp³-hybridized carbons (Fsp3) is 0.333. The van der Waals surface area contributed by atoms with Crippen molar-refractivity contribution in [1.82, 2.24) is 19.3 Å². The van der Waals surface area contributed by atoms with Crippen LogP contribution < -0.4 is 0 Å². The van der Waals surface area contributed by atoms with Gasteiger partial charge in [0, 0.05) is 41.1 Å². The lowest BCUT2D eigenvalue weighted by Gasteiger charge is -2.25. The van der Waals surface area contributed by atoms with E-state index >= 15 is 0 Å². The number of hydrogen-bond donors (Lipinski definition) is 0. The van der Waals surface area contributed by atoms with Gasteiger partial charge in [0.05, 0.1) is 16.6 Å². The first kappa shape index (κ1) is 25.9. The number of benzene rings is 1. The van der Waals surface area contributed by atoms with Crippen LogP contribution in [0.25, 0.3) is 11.3 Å². The van der Waals surface area contributed by atoms with Crippen LogP contribution in [0.1, 0.15) is 30.7 Å². The molecule has 194 valence electrons. The van der Waals surface area contributed by atoms with Gasteiger partial charge in [0.1, 0.15) is 5.82 Å². The SMILES string of the molecule is O=C(CCc1cc(-c2cnc(C(F)(F)F)nc2)ncc1Br)C1C2CC(C2)N1S(=O)(=O)c1ccc(F)cc1. The highest BCUT2D eigenvalue weighted by atomic mass is 79.9. The number of rotatable bonds is 7. The third-order valence-electron chi connectivity index (χ3n) is 6.73. The minimum absolute atomic E-state index is 0.0505. The Balaban J connectivity index is 1.32. The molecular formula is C24H19BrF4N4O3S. The second kappa shape index (κ2) is 9.52. The van der Waals surface area contributed by atoms with Crippen LogP contribution in [0.3, 0.4) is 0 Å². The molecule has 0 amide bonds. The molecule has 0 radical (unpaired) electrons. The highest BCUT2D eigenvalue weighted by Crippen LogP contribution is 2.49. The molecular weight excluding hydrogens is 580 g/mol. The maximum absolute atomic E-state index is 13.3. The smallest absolute Gasteiger partial charge is 0.298 e. The Hall–Kier alpha value is -2.77. The summed E-state index contributed by atoms with van der Waals surface area (Å²) in [5.41, 5.74) is 1.29. The van der Waals surface area contributed by atoms with Gasteiger partial charge in [0.25, 0.3) is 0 Å². The molecule has 1 aliphatic carbocycles. The molecule has 3 aromatic rings. The van der Waals surface area contributed by atoms with E-state index in [0.29, 0.717) is 28.6 Å². The van der Waals surface area contributed by atoms with Crippen LogP contribution >= 0.6 is 15.9 Å². The lowest BCUT2D eigenvalue weighted by Crippen LogP contribution is -2.41. The Labute approximate surface area is 218 Å². The molecule has 37 heavy (non-hydrogen) atoms. The number of nitrogens with zero attached hydrogens (tertiary/aromatic N) is 4. The van der Waals surface area contributed by atoms with Crippen LogP contribution in [0.5, 0.6) is 0 Å². The topological polar surface area (TPSA) is 93.1 Å². The van der Waals surface area contributed by atoms with Gasteiger partial charge in [-0.3, -0.25) is 9.78 Å². The van der Waals surface area contributed by atoms with Crippen molar-refractivity contribution in [3.05, 3.63) is 70.6 Å². The van der Waals surface area contributed by atoms with E-state index in [1.54, 1.807) is 6.07 Å². The number of pyridine rings is 1. The van der Waals surface area contributed by atoms with Gasteiger partial charge in [-0.1, -0.05) is 0 Å². The van der Waals surface area contributed by atoms with Crippen LogP contribution in [-0.4, -0.2) is 45.5 Å². The van der Waals surface area contributed by atoms with E-state index in [-0.39, 0.29) is 41.0 Å². The Kier molecular flexibility index (Phi) is 6.65. The van der Waals surface area contributed by atoms with Crippen LogP contribution in [-0.2, 0) is 27.4 Å². The Morgan fingerprint density at radius 2 is 1.70 bits per heavy atom. The summed E-state index contributed by atoms with van der Waals surface area (Å²) in [6, 6.07) is 5.13. The van der Waals surface area contributed by atoms with E-state index in [1.807, 2.05) is 0 Å². The molecule has 1 atom stereocenters. The summed E-state index contributed by atoms with van der Waals surface area (Å²) in [4.78, 5) is 24.1. The number of alkyl halides is 3. The van der Waals surface area contributed by atoms with E-state index in [2.05, 4.69) is 30.9 Å².